The molecular weight excluding hydrogens is 274 g/mol. The molecule has 4 nitrogen and oxygen atoms in total. The molecule has 0 saturated carbocycles. The Labute approximate surface area is 136 Å². The van der Waals surface area contributed by atoms with E-state index in [2.05, 4.69) is 17.2 Å². The Kier molecular flexibility index (Phi) is 7.50. The van der Waals surface area contributed by atoms with Crippen LogP contribution in [0, 0.1) is 0 Å². The number of hydrogen-bond acceptors (Lipinski definition) is 4. The van der Waals surface area contributed by atoms with Gasteiger partial charge in [-0.25, -0.2) is 4.99 Å². The van der Waals surface area contributed by atoms with Crippen LogP contribution in [0.25, 0.3) is 0 Å². The summed E-state index contributed by atoms with van der Waals surface area (Å²) < 4.78 is 5.90. The zero-order chi connectivity index (χ0) is 15.7. The molecule has 3 N–H and O–H groups in total. The van der Waals surface area contributed by atoms with E-state index in [9.17, 15) is 0 Å². The van der Waals surface area contributed by atoms with Gasteiger partial charge in [-0.1, -0.05) is 64.7 Å². The van der Waals surface area contributed by atoms with Gasteiger partial charge in [-0.15, -0.1) is 0 Å². The predicted molar refractivity (Wildman–Crippen MR) is 92.9 cm³/mol. The van der Waals surface area contributed by atoms with E-state index in [1.807, 2.05) is 0 Å². The Morgan fingerprint density at radius 1 is 1.14 bits per heavy atom. The summed E-state index contributed by atoms with van der Waals surface area (Å²) in [5, 5.41) is 3.26. The van der Waals surface area contributed by atoms with Crippen molar-refractivity contribution >= 4 is 5.96 Å². The summed E-state index contributed by atoms with van der Waals surface area (Å²) in [5.41, 5.74) is 5.75. The number of rotatable bonds is 10. The predicted octanol–water partition coefficient (Wildman–Crippen LogP) is 4.09. The molecule has 0 aromatic carbocycles. The fourth-order valence-corrected chi connectivity index (χ4v) is 3.75. The first-order chi connectivity index (χ1) is 10.7. The number of hydrogen-bond donors (Lipinski definition) is 2. The van der Waals surface area contributed by atoms with Crippen LogP contribution < -0.4 is 11.1 Å². The number of nitrogens with zero attached hydrogens (tertiary/aromatic N) is 1. The van der Waals surface area contributed by atoms with Gasteiger partial charge in [-0.05, 0) is 19.3 Å². The standard InChI is InChI=1S/C18H35N3O/c1-2-3-4-5-6-7-8-9-10-12-16-15-18(13-11-14-22-18)21-17(19)20-16/h16H,2-15H2,1H3,(H3,19,20,21)/t16-,18-/m1/s1. The van der Waals surface area contributed by atoms with Crippen molar-refractivity contribution in [2.45, 2.75) is 102 Å². The highest BCUT2D eigenvalue weighted by atomic mass is 16.5. The van der Waals surface area contributed by atoms with Gasteiger partial charge in [0.05, 0.1) is 6.04 Å². The van der Waals surface area contributed by atoms with Gasteiger partial charge in [0.15, 0.2) is 5.96 Å². The molecule has 0 bridgehead atoms. The van der Waals surface area contributed by atoms with E-state index in [1.165, 1.54) is 57.8 Å². The lowest BCUT2D eigenvalue weighted by molar-refractivity contribution is -0.0258. The van der Waals surface area contributed by atoms with Crippen LogP contribution in [0.2, 0.25) is 0 Å². The minimum Gasteiger partial charge on any atom is -0.370 e. The molecular formula is C18H35N3O. The Morgan fingerprint density at radius 3 is 2.45 bits per heavy atom. The van der Waals surface area contributed by atoms with Crippen LogP contribution in [0.5, 0.6) is 0 Å². The molecule has 0 radical (unpaired) electrons. The van der Waals surface area contributed by atoms with E-state index in [1.54, 1.807) is 0 Å². The average Bonchev–Trinajstić information content (AvgIpc) is 2.92. The molecule has 2 atom stereocenters. The number of nitrogens with two attached hydrogens (primary N) is 1. The molecule has 1 spiro atoms. The zero-order valence-electron chi connectivity index (χ0n) is 14.4. The van der Waals surface area contributed by atoms with E-state index < -0.39 is 0 Å². The summed E-state index contributed by atoms with van der Waals surface area (Å²) in [5.74, 6) is 0.578. The van der Waals surface area contributed by atoms with E-state index in [0.29, 0.717) is 12.0 Å². The fraction of sp³-hybridized carbons (Fsp3) is 0.944. The first-order valence-electron chi connectivity index (χ1n) is 9.49. The third-order valence-electron chi connectivity index (χ3n) is 4.99. The Balaban J connectivity index is 1.54. The van der Waals surface area contributed by atoms with Gasteiger partial charge in [-0.3, -0.25) is 0 Å². The molecule has 2 aliphatic rings. The van der Waals surface area contributed by atoms with Crippen LogP contribution in [-0.4, -0.2) is 24.3 Å². The molecule has 128 valence electrons. The van der Waals surface area contributed by atoms with E-state index in [4.69, 9.17) is 10.5 Å². The SMILES string of the molecule is CCCCCCCCCCC[C@@H]1C[C@]2(CCCO2)NC(N)=N1. The van der Waals surface area contributed by atoms with Gasteiger partial charge in [0.25, 0.3) is 0 Å². The summed E-state index contributed by atoms with van der Waals surface area (Å²) in [4.78, 5) is 4.57. The van der Waals surface area contributed by atoms with Gasteiger partial charge in [0.1, 0.15) is 5.72 Å². The molecule has 0 aromatic rings. The van der Waals surface area contributed by atoms with Crippen LogP contribution in [0.4, 0.5) is 0 Å². The van der Waals surface area contributed by atoms with Crippen LogP contribution in [0.1, 0.15) is 90.4 Å². The first kappa shape index (κ1) is 17.6. The molecule has 2 heterocycles. The molecule has 22 heavy (non-hydrogen) atoms. The van der Waals surface area contributed by atoms with E-state index >= 15 is 0 Å². The molecule has 0 aliphatic carbocycles. The summed E-state index contributed by atoms with van der Waals surface area (Å²) in [6, 6.07) is 0.351. The molecule has 2 rings (SSSR count). The Morgan fingerprint density at radius 2 is 1.82 bits per heavy atom. The molecule has 0 unspecified atom stereocenters. The summed E-state index contributed by atoms with van der Waals surface area (Å²) in [6.07, 6.45) is 16.7. The van der Waals surface area contributed by atoms with Gasteiger partial charge in [0.2, 0.25) is 0 Å². The maximum absolute atomic E-state index is 5.95. The minimum absolute atomic E-state index is 0.199. The highest BCUT2D eigenvalue weighted by Crippen LogP contribution is 2.32. The van der Waals surface area contributed by atoms with Crippen molar-refractivity contribution in [3.8, 4) is 0 Å². The monoisotopic (exact) mass is 309 g/mol. The quantitative estimate of drug-likeness (QED) is 0.598. The van der Waals surface area contributed by atoms with Gasteiger partial charge in [-0.2, -0.15) is 0 Å². The van der Waals surface area contributed by atoms with Crippen molar-refractivity contribution in [1.29, 1.82) is 0 Å². The molecule has 4 heteroatoms. The largest absolute Gasteiger partial charge is 0.370 e. The molecule has 0 aromatic heterocycles. The fourth-order valence-electron chi connectivity index (χ4n) is 3.75. The maximum Gasteiger partial charge on any atom is 0.191 e. The second-order valence-electron chi connectivity index (χ2n) is 7.06. The van der Waals surface area contributed by atoms with Crippen LogP contribution in [0.3, 0.4) is 0 Å². The minimum atomic E-state index is -0.199. The number of ether oxygens (including phenoxy) is 1. The Hall–Kier alpha value is -0.770. The number of aliphatic imine (C=N–C) groups is 1. The van der Waals surface area contributed by atoms with Crippen LogP contribution >= 0.6 is 0 Å². The number of guanidine groups is 1. The molecule has 1 fully saturated rings. The lowest BCUT2D eigenvalue weighted by Crippen LogP contribution is -2.56. The summed E-state index contributed by atoms with van der Waals surface area (Å²) in [7, 11) is 0. The van der Waals surface area contributed by atoms with Gasteiger partial charge >= 0.3 is 0 Å². The highest BCUT2D eigenvalue weighted by molar-refractivity contribution is 5.79. The van der Waals surface area contributed by atoms with Crippen LogP contribution in [0.15, 0.2) is 4.99 Å². The third-order valence-corrected chi connectivity index (χ3v) is 4.99. The third kappa shape index (κ3) is 5.79. The zero-order valence-corrected chi connectivity index (χ0v) is 14.4. The molecule has 1 saturated heterocycles. The van der Waals surface area contributed by atoms with Crippen molar-refractivity contribution in [3.63, 3.8) is 0 Å². The molecule has 0 amide bonds. The lowest BCUT2D eigenvalue weighted by Gasteiger charge is -2.36. The van der Waals surface area contributed by atoms with E-state index in [-0.39, 0.29) is 5.72 Å². The Bertz CT molecular complexity index is 337. The van der Waals surface area contributed by atoms with Crippen LogP contribution in [-0.2, 0) is 4.74 Å². The second-order valence-corrected chi connectivity index (χ2v) is 7.06. The van der Waals surface area contributed by atoms with Crippen molar-refractivity contribution in [2.75, 3.05) is 6.61 Å². The highest BCUT2D eigenvalue weighted by Gasteiger charge is 2.40. The van der Waals surface area contributed by atoms with Crippen molar-refractivity contribution in [2.24, 2.45) is 10.7 Å². The second kappa shape index (κ2) is 9.39. The van der Waals surface area contributed by atoms with Crippen molar-refractivity contribution in [1.82, 2.24) is 5.32 Å². The normalized spacial score (nSPS) is 27.9. The van der Waals surface area contributed by atoms with Gasteiger partial charge < -0.3 is 15.8 Å². The van der Waals surface area contributed by atoms with Crippen molar-refractivity contribution in [3.05, 3.63) is 0 Å². The molecule has 2 aliphatic heterocycles. The average molecular weight is 309 g/mol. The summed E-state index contributed by atoms with van der Waals surface area (Å²) in [6.45, 7) is 3.13. The lowest BCUT2D eigenvalue weighted by atomic mass is 9.95. The van der Waals surface area contributed by atoms with E-state index in [0.717, 1.165) is 32.3 Å². The number of nitrogens with one attached hydrogen (secondary N) is 1. The van der Waals surface area contributed by atoms with Gasteiger partial charge in [0, 0.05) is 13.0 Å². The maximum atomic E-state index is 5.95. The summed E-state index contributed by atoms with van der Waals surface area (Å²) >= 11 is 0. The smallest absolute Gasteiger partial charge is 0.191 e. The number of unbranched alkanes of at least 4 members (excludes halogenated alkanes) is 8. The first-order valence-corrected chi connectivity index (χ1v) is 9.49. The van der Waals surface area contributed by atoms with Crippen molar-refractivity contribution < 1.29 is 4.74 Å². The topological polar surface area (TPSA) is 59.6 Å².